The Bertz CT molecular complexity index is 1020. The lowest BCUT2D eigenvalue weighted by Crippen LogP contribution is -2.35. The van der Waals surface area contributed by atoms with Gasteiger partial charge < -0.3 is 9.47 Å². The normalized spacial score (nSPS) is 24.2. The van der Waals surface area contributed by atoms with Crippen LogP contribution in [-0.2, 0) is 0 Å². The Balaban J connectivity index is 1.71. The molecule has 3 aromatic rings. The van der Waals surface area contributed by atoms with Gasteiger partial charge in [-0.15, -0.1) is 0 Å². The molecule has 2 aromatic heterocycles. The van der Waals surface area contributed by atoms with Gasteiger partial charge >= 0.3 is 0 Å². The lowest BCUT2D eigenvalue weighted by atomic mass is 9.95. The number of amidine groups is 1. The zero-order valence-electron chi connectivity index (χ0n) is 16.6. The minimum atomic E-state index is 0.0458. The Kier molecular flexibility index (Phi) is 4.43. The third-order valence-electron chi connectivity index (χ3n) is 5.98. The molecule has 0 amide bonds. The lowest BCUT2D eigenvalue weighted by molar-refractivity contribution is 0.256. The topological polar surface area (TPSA) is 33.4 Å². The van der Waals surface area contributed by atoms with Gasteiger partial charge in [0.25, 0.3) is 0 Å². The minimum Gasteiger partial charge on any atom is -0.345 e. The highest BCUT2D eigenvalue weighted by Crippen LogP contribution is 2.50. The number of rotatable bonds is 4. The van der Waals surface area contributed by atoms with E-state index in [9.17, 15) is 0 Å². The van der Waals surface area contributed by atoms with E-state index in [4.69, 9.17) is 4.99 Å². The van der Waals surface area contributed by atoms with Crippen LogP contribution in [0.15, 0.2) is 59.9 Å². The minimum absolute atomic E-state index is 0.0458. The van der Waals surface area contributed by atoms with Gasteiger partial charge in [0.05, 0.1) is 11.7 Å². The standard InChI is InChI=1S/C23H26N4S/c1-4-16-14-28-23-25-21(19-10-7-8-12-24-19)22(27(16)23)18-13-26(15(2)3)20-11-6-5-9-17(18)20/h5-13,15-16,21-22H,4,14H2,1-3H3/t16-,21+,22-/m1/s1. The van der Waals surface area contributed by atoms with Gasteiger partial charge in [-0.3, -0.25) is 9.98 Å². The first-order valence-corrected chi connectivity index (χ1v) is 11.2. The van der Waals surface area contributed by atoms with E-state index in [2.05, 4.69) is 77.8 Å². The van der Waals surface area contributed by atoms with Crippen molar-refractivity contribution in [2.45, 2.75) is 51.4 Å². The first-order chi connectivity index (χ1) is 13.7. The Morgan fingerprint density at radius 3 is 2.71 bits per heavy atom. The fraction of sp³-hybridized carbons (Fsp3) is 0.391. The van der Waals surface area contributed by atoms with Crippen molar-refractivity contribution in [3.8, 4) is 0 Å². The van der Waals surface area contributed by atoms with Crippen LogP contribution in [0.1, 0.15) is 56.6 Å². The van der Waals surface area contributed by atoms with Gasteiger partial charge in [0, 0.05) is 46.7 Å². The molecule has 3 atom stereocenters. The van der Waals surface area contributed by atoms with Gasteiger partial charge in [0.2, 0.25) is 0 Å². The summed E-state index contributed by atoms with van der Waals surface area (Å²) in [6, 6.07) is 16.2. The van der Waals surface area contributed by atoms with Crippen molar-refractivity contribution in [2.75, 3.05) is 5.75 Å². The molecule has 144 valence electrons. The molecular formula is C23H26N4S. The van der Waals surface area contributed by atoms with E-state index < -0.39 is 0 Å². The van der Waals surface area contributed by atoms with Crippen LogP contribution in [0, 0.1) is 0 Å². The van der Waals surface area contributed by atoms with Crippen LogP contribution >= 0.6 is 11.8 Å². The summed E-state index contributed by atoms with van der Waals surface area (Å²) in [6.07, 6.45) is 5.39. The molecule has 0 bridgehead atoms. The first-order valence-electron chi connectivity index (χ1n) is 10.2. The molecule has 0 N–H and O–H groups in total. The number of benzene rings is 1. The van der Waals surface area contributed by atoms with Gasteiger partial charge in [-0.2, -0.15) is 0 Å². The summed E-state index contributed by atoms with van der Waals surface area (Å²) in [5.41, 5.74) is 3.74. The fourth-order valence-corrected chi connectivity index (χ4v) is 5.92. The molecule has 4 heterocycles. The quantitative estimate of drug-likeness (QED) is 0.582. The molecule has 5 rings (SSSR count). The molecule has 0 unspecified atom stereocenters. The number of hydrogen-bond donors (Lipinski definition) is 0. The number of hydrogen-bond acceptors (Lipinski definition) is 4. The molecule has 5 heteroatoms. The van der Waals surface area contributed by atoms with E-state index in [0.717, 1.165) is 17.9 Å². The average molecular weight is 391 g/mol. The molecule has 4 nitrogen and oxygen atoms in total. The van der Waals surface area contributed by atoms with Crippen LogP contribution in [-0.4, -0.2) is 31.4 Å². The van der Waals surface area contributed by atoms with Crippen molar-refractivity contribution in [1.82, 2.24) is 14.5 Å². The Morgan fingerprint density at radius 2 is 1.96 bits per heavy atom. The van der Waals surface area contributed by atoms with E-state index in [1.165, 1.54) is 21.6 Å². The maximum atomic E-state index is 5.17. The summed E-state index contributed by atoms with van der Waals surface area (Å²) in [7, 11) is 0. The second-order valence-corrected chi connectivity index (χ2v) is 8.93. The van der Waals surface area contributed by atoms with Crippen molar-refractivity contribution < 1.29 is 0 Å². The SMILES string of the molecule is CC[C@@H]1CSC2=N[C@@H](c3ccccn3)[C@@H](c3cn(C(C)C)c4ccccc34)N21. The smallest absolute Gasteiger partial charge is 0.160 e. The second-order valence-electron chi connectivity index (χ2n) is 7.94. The molecule has 0 radical (unpaired) electrons. The fourth-order valence-electron chi connectivity index (χ4n) is 4.58. The highest BCUT2D eigenvalue weighted by atomic mass is 32.2. The predicted molar refractivity (Wildman–Crippen MR) is 118 cm³/mol. The first kappa shape index (κ1) is 17.8. The van der Waals surface area contributed by atoms with E-state index in [-0.39, 0.29) is 12.1 Å². The molecule has 2 aliphatic rings. The van der Waals surface area contributed by atoms with Crippen LogP contribution in [0.2, 0.25) is 0 Å². The number of aliphatic imine (C=N–C) groups is 1. The van der Waals surface area contributed by atoms with Gasteiger partial charge in [-0.25, -0.2) is 0 Å². The number of aromatic nitrogens is 2. The molecule has 2 aliphatic heterocycles. The summed E-state index contributed by atoms with van der Waals surface area (Å²) in [6.45, 7) is 6.80. The van der Waals surface area contributed by atoms with E-state index in [0.29, 0.717) is 12.1 Å². The van der Waals surface area contributed by atoms with Crippen LogP contribution in [0.3, 0.4) is 0 Å². The van der Waals surface area contributed by atoms with Crippen LogP contribution < -0.4 is 0 Å². The summed E-state index contributed by atoms with van der Waals surface area (Å²) in [5, 5.41) is 2.53. The number of thioether (sulfide) groups is 1. The summed E-state index contributed by atoms with van der Waals surface area (Å²) >= 11 is 1.90. The van der Waals surface area contributed by atoms with E-state index in [1.54, 1.807) is 0 Å². The zero-order valence-corrected chi connectivity index (χ0v) is 17.4. The van der Waals surface area contributed by atoms with Crippen molar-refractivity contribution in [2.24, 2.45) is 4.99 Å². The van der Waals surface area contributed by atoms with Crippen LogP contribution in [0.25, 0.3) is 10.9 Å². The number of nitrogens with zero attached hydrogens (tertiary/aromatic N) is 4. The van der Waals surface area contributed by atoms with Gasteiger partial charge in [0.1, 0.15) is 6.04 Å². The number of fused-ring (bicyclic) bond motifs is 2. The molecule has 1 aromatic carbocycles. The molecule has 0 saturated carbocycles. The summed E-state index contributed by atoms with van der Waals surface area (Å²) in [4.78, 5) is 12.4. The van der Waals surface area contributed by atoms with Crippen LogP contribution in [0.4, 0.5) is 0 Å². The molecule has 1 saturated heterocycles. The maximum absolute atomic E-state index is 5.17. The molecule has 0 aliphatic carbocycles. The van der Waals surface area contributed by atoms with Crippen molar-refractivity contribution >= 4 is 27.8 Å². The summed E-state index contributed by atoms with van der Waals surface area (Å²) < 4.78 is 2.41. The van der Waals surface area contributed by atoms with E-state index >= 15 is 0 Å². The van der Waals surface area contributed by atoms with Gasteiger partial charge in [-0.05, 0) is 38.5 Å². The highest BCUT2D eigenvalue weighted by Gasteiger charge is 2.46. The van der Waals surface area contributed by atoms with Crippen molar-refractivity contribution in [3.05, 3.63) is 66.1 Å². The molecular weight excluding hydrogens is 364 g/mol. The highest BCUT2D eigenvalue weighted by molar-refractivity contribution is 8.14. The Hall–Kier alpha value is -2.27. The molecule has 28 heavy (non-hydrogen) atoms. The van der Waals surface area contributed by atoms with Gasteiger partial charge in [0.15, 0.2) is 5.17 Å². The lowest BCUT2D eigenvalue weighted by Gasteiger charge is -2.31. The third-order valence-corrected chi connectivity index (χ3v) is 7.10. The Labute approximate surface area is 170 Å². The monoisotopic (exact) mass is 390 g/mol. The zero-order chi connectivity index (χ0) is 19.3. The predicted octanol–water partition coefficient (Wildman–Crippen LogP) is 5.60. The van der Waals surface area contributed by atoms with Gasteiger partial charge in [-0.1, -0.05) is 43.0 Å². The molecule has 0 spiro atoms. The van der Waals surface area contributed by atoms with Crippen molar-refractivity contribution in [1.29, 1.82) is 0 Å². The van der Waals surface area contributed by atoms with E-state index in [1.807, 2.05) is 24.0 Å². The maximum Gasteiger partial charge on any atom is 0.160 e. The van der Waals surface area contributed by atoms with Crippen molar-refractivity contribution in [3.63, 3.8) is 0 Å². The third kappa shape index (κ3) is 2.67. The molecule has 1 fully saturated rings. The summed E-state index contributed by atoms with van der Waals surface area (Å²) in [5.74, 6) is 1.13. The average Bonchev–Trinajstić information content (AvgIpc) is 3.39. The largest absolute Gasteiger partial charge is 0.345 e. The Morgan fingerprint density at radius 1 is 1.14 bits per heavy atom. The van der Waals surface area contributed by atoms with Crippen LogP contribution in [0.5, 0.6) is 0 Å². The second kappa shape index (κ2) is 6.96. The number of pyridine rings is 1. The number of para-hydroxylation sites is 1.